The summed E-state index contributed by atoms with van der Waals surface area (Å²) in [7, 11) is -3.96. The van der Waals surface area contributed by atoms with Crippen LogP contribution in [0.25, 0.3) is 0 Å². The maximum absolute atomic E-state index is 14.3. The van der Waals surface area contributed by atoms with E-state index >= 15 is 0 Å². The van der Waals surface area contributed by atoms with Gasteiger partial charge in [0.1, 0.15) is 18.4 Å². The number of hydrogen-bond donors (Lipinski definition) is 1. The number of hydrogen-bond acceptors (Lipinski definition) is 4. The molecule has 0 aliphatic heterocycles. The predicted molar refractivity (Wildman–Crippen MR) is 128 cm³/mol. The fraction of sp³-hybridized carbons (Fsp3) is 0.364. The summed E-state index contributed by atoms with van der Waals surface area (Å²) in [6.45, 7) is 2.90. The van der Waals surface area contributed by atoms with Crippen LogP contribution < -0.4 is 9.62 Å². The fourth-order valence-electron chi connectivity index (χ4n) is 3.07. The summed E-state index contributed by atoms with van der Waals surface area (Å²) in [5.74, 6) is -1.69. The van der Waals surface area contributed by atoms with Crippen LogP contribution in [0, 0.1) is 5.82 Å². The van der Waals surface area contributed by atoms with Gasteiger partial charge in [0.15, 0.2) is 0 Å². The SMILES string of the molecule is CCCNC(=O)C(C)N(Cc1ccccc1F)C(=O)CN(c1cccc(Cl)c1Cl)S(C)(=O)=O. The Morgan fingerprint density at radius 2 is 1.79 bits per heavy atom. The lowest BCUT2D eigenvalue weighted by Gasteiger charge is -2.31. The van der Waals surface area contributed by atoms with Crippen molar-refractivity contribution in [2.75, 3.05) is 23.7 Å². The van der Waals surface area contributed by atoms with Crippen molar-refractivity contribution >= 4 is 50.7 Å². The van der Waals surface area contributed by atoms with Crippen LogP contribution in [-0.2, 0) is 26.2 Å². The molecule has 180 valence electrons. The molecular formula is C22H26Cl2FN3O4S. The minimum Gasteiger partial charge on any atom is -0.354 e. The number of anilines is 1. The molecule has 0 fully saturated rings. The van der Waals surface area contributed by atoms with E-state index in [-0.39, 0.29) is 27.8 Å². The summed E-state index contributed by atoms with van der Waals surface area (Å²) in [5, 5.41) is 2.78. The molecule has 0 radical (unpaired) electrons. The Balaban J connectivity index is 2.43. The molecule has 11 heteroatoms. The molecule has 0 aliphatic rings. The molecule has 2 aromatic rings. The molecule has 33 heavy (non-hydrogen) atoms. The van der Waals surface area contributed by atoms with Gasteiger partial charge in [0.2, 0.25) is 21.8 Å². The van der Waals surface area contributed by atoms with Crippen LogP contribution >= 0.6 is 23.2 Å². The summed E-state index contributed by atoms with van der Waals surface area (Å²) >= 11 is 12.2. The predicted octanol–water partition coefficient (Wildman–Crippen LogP) is 3.84. The van der Waals surface area contributed by atoms with Gasteiger partial charge in [-0.15, -0.1) is 0 Å². The summed E-state index contributed by atoms with van der Waals surface area (Å²) in [5.41, 5.74) is 0.210. The summed E-state index contributed by atoms with van der Waals surface area (Å²) in [6.07, 6.45) is 1.62. The smallest absolute Gasteiger partial charge is 0.244 e. The molecule has 1 unspecified atom stereocenters. The highest BCUT2D eigenvalue weighted by Gasteiger charge is 2.31. The van der Waals surface area contributed by atoms with Gasteiger partial charge in [-0.25, -0.2) is 12.8 Å². The molecule has 2 amide bonds. The number of sulfonamides is 1. The Labute approximate surface area is 203 Å². The molecule has 0 aliphatic carbocycles. The third-order valence-electron chi connectivity index (χ3n) is 4.89. The van der Waals surface area contributed by atoms with Crippen molar-refractivity contribution in [3.05, 3.63) is 63.9 Å². The molecule has 0 saturated heterocycles. The average Bonchev–Trinajstić information content (AvgIpc) is 2.76. The number of rotatable bonds is 10. The zero-order chi connectivity index (χ0) is 24.8. The van der Waals surface area contributed by atoms with Gasteiger partial charge in [-0.1, -0.05) is 54.4 Å². The molecule has 1 N–H and O–H groups in total. The van der Waals surface area contributed by atoms with Crippen molar-refractivity contribution in [2.24, 2.45) is 0 Å². The van der Waals surface area contributed by atoms with E-state index < -0.39 is 40.2 Å². The van der Waals surface area contributed by atoms with Crippen LogP contribution in [0.1, 0.15) is 25.8 Å². The largest absolute Gasteiger partial charge is 0.354 e. The Morgan fingerprint density at radius 3 is 2.39 bits per heavy atom. The molecule has 0 heterocycles. The van der Waals surface area contributed by atoms with E-state index in [1.807, 2.05) is 6.92 Å². The lowest BCUT2D eigenvalue weighted by molar-refractivity contribution is -0.139. The molecule has 0 aromatic heterocycles. The Morgan fingerprint density at radius 1 is 1.12 bits per heavy atom. The Kier molecular flexibility index (Phi) is 9.51. The second kappa shape index (κ2) is 11.7. The standard InChI is InChI=1S/C22H26Cl2FN3O4S/c1-4-12-26-22(30)15(2)27(13-16-8-5-6-10-18(16)25)20(29)14-28(33(3,31)32)19-11-7-9-17(23)21(19)24/h5-11,15H,4,12-14H2,1-3H3,(H,26,30). The van der Waals surface area contributed by atoms with Crippen LogP contribution in [0.3, 0.4) is 0 Å². The topological polar surface area (TPSA) is 86.8 Å². The minimum absolute atomic E-state index is 0.0222. The molecule has 0 spiro atoms. The first-order valence-electron chi connectivity index (χ1n) is 10.2. The monoisotopic (exact) mass is 517 g/mol. The van der Waals surface area contributed by atoms with Crippen LogP contribution in [0.2, 0.25) is 10.0 Å². The summed E-state index contributed by atoms with van der Waals surface area (Å²) in [6, 6.07) is 9.28. The van der Waals surface area contributed by atoms with Crippen molar-refractivity contribution in [1.29, 1.82) is 0 Å². The van der Waals surface area contributed by atoms with Gasteiger partial charge in [-0.05, 0) is 31.5 Å². The number of carbonyl (C=O) groups is 2. The van der Waals surface area contributed by atoms with Crippen molar-refractivity contribution in [3.63, 3.8) is 0 Å². The zero-order valence-corrected chi connectivity index (χ0v) is 20.8. The molecule has 7 nitrogen and oxygen atoms in total. The van der Waals surface area contributed by atoms with E-state index in [2.05, 4.69) is 5.32 Å². The number of halogens is 3. The van der Waals surface area contributed by atoms with Gasteiger partial charge in [0.05, 0.1) is 22.0 Å². The van der Waals surface area contributed by atoms with Crippen molar-refractivity contribution < 1.29 is 22.4 Å². The van der Waals surface area contributed by atoms with Gasteiger partial charge in [0, 0.05) is 18.7 Å². The number of nitrogens with zero attached hydrogens (tertiary/aromatic N) is 2. The highest BCUT2D eigenvalue weighted by Crippen LogP contribution is 2.33. The van der Waals surface area contributed by atoms with E-state index in [1.54, 1.807) is 6.07 Å². The van der Waals surface area contributed by atoms with Gasteiger partial charge in [0.25, 0.3) is 0 Å². The van der Waals surface area contributed by atoms with E-state index in [0.29, 0.717) is 13.0 Å². The molecule has 0 saturated carbocycles. The number of amides is 2. The van der Waals surface area contributed by atoms with Gasteiger partial charge >= 0.3 is 0 Å². The lowest BCUT2D eigenvalue weighted by Crippen LogP contribution is -2.51. The lowest BCUT2D eigenvalue weighted by atomic mass is 10.1. The van der Waals surface area contributed by atoms with Crippen LogP contribution in [0.4, 0.5) is 10.1 Å². The Hall–Kier alpha value is -2.36. The summed E-state index contributed by atoms with van der Waals surface area (Å²) in [4.78, 5) is 27.1. The maximum Gasteiger partial charge on any atom is 0.244 e. The number of nitrogens with one attached hydrogen (secondary N) is 1. The van der Waals surface area contributed by atoms with Crippen molar-refractivity contribution in [2.45, 2.75) is 32.9 Å². The summed E-state index contributed by atoms with van der Waals surface area (Å²) < 4.78 is 40.2. The highest BCUT2D eigenvalue weighted by molar-refractivity contribution is 7.92. The van der Waals surface area contributed by atoms with Gasteiger partial charge in [-0.3, -0.25) is 13.9 Å². The van der Waals surface area contributed by atoms with E-state index in [9.17, 15) is 22.4 Å². The second-order valence-electron chi connectivity index (χ2n) is 7.42. The van der Waals surface area contributed by atoms with Crippen LogP contribution in [0.5, 0.6) is 0 Å². The van der Waals surface area contributed by atoms with Crippen LogP contribution in [-0.4, -0.2) is 50.5 Å². The average molecular weight is 518 g/mol. The molecule has 2 aromatic carbocycles. The van der Waals surface area contributed by atoms with E-state index in [0.717, 1.165) is 15.5 Å². The second-order valence-corrected chi connectivity index (χ2v) is 10.1. The normalized spacial score (nSPS) is 12.2. The third kappa shape index (κ3) is 7.06. The minimum atomic E-state index is -3.96. The maximum atomic E-state index is 14.3. The van der Waals surface area contributed by atoms with Gasteiger partial charge in [-0.2, -0.15) is 0 Å². The molecular weight excluding hydrogens is 492 g/mol. The van der Waals surface area contributed by atoms with Crippen molar-refractivity contribution in [1.82, 2.24) is 10.2 Å². The fourth-order valence-corrected chi connectivity index (χ4v) is 4.37. The Bertz CT molecular complexity index is 1110. The van der Waals surface area contributed by atoms with Crippen molar-refractivity contribution in [3.8, 4) is 0 Å². The number of carbonyl (C=O) groups excluding carboxylic acids is 2. The number of benzene rings is 2. The van der Waals surface area contributed by atoms with Gasteiger partial charge < -0.3 is 10.2 Å². The first kappa shape index (κ1) is 26.9. The third-order valence-corrected chi connectivity index (χ3v) is 6.83. The zero-order valence-electron chi connectivity index (χ0n) is 18.5. The quantitative estimate of drug-likeness (QED) is 0.518. The van der Waals surface area contributed by atoms with Crippen LogP contribution in [0.15, 0.2) is 42.5 Å². The molecule has 2 rings (SSSR count). The first-order chi connectivity index (χ1) is 15.5. The molecule has 1 atom stereocenters. The van der Waals surface area contributed by atoms with E-state index in [4.69, 9.17) is 23.2 Å². The molecule has 0 bridgehead atoms. The highest BCUT2D eigenvalue weighted by atomic mass is 35.5. The first-order valence-corrected chi connectivity index (χ1v) is 12.8. The van der Waals surface area contributed by atoms with E-state index in [1.165, 1.54) is 43.3 Å².